The summed E-state index contributed by atoms with van der Waals surface area (Å²) in [5, 5.41) is 39.8. The molecule has 2 saturated carbocycles. The van der Waals surface area contributed by atoms with Gasteiger partial charge in [-0.3, -0.25) is 33.6 Å². The first-order valence-corrected chi connectivity index (χ1v) is 36.8. The number of benzene rings is 3. The summed E-state index contributed by atoms with van der Waals surface area (Å²) in [5.41, 5.74) is -3.50. The highest BCUT2D eigenvalue weighted by Gasteiger charge is 2.78. The second-order valence-electron chi connectivity index (χ2n) is 30.0. The summed E-state index contributed by atoms with van der Waals surface area (Å²) < 4.78 is 48.4. The number of carbonyl (C=O) groups is 13. The molecule has 0 radical (unpaired) electrons. The van der Waals surface area contributed by atoms with Crippen molar-refractivity contribution in [3.05, 3.63) is 113 Å². The Morgan fingerprint density at radius 2 is 1.40 bits per heavy atom. The molecule has 8 amide bonds. The van der Waals surface area contributed by atoms with Gasteiger partial charge in [-0.2, -0.15) is 0 Å². The summed E-state index contributed by atoms with van der Waals surface area (Å²) in [7, 11) is 2.68. The third-order valence-electron chi connectivity index (χ3n) is 20.0. The maximum absolute atomic E-state index is 16.0. The zero-order valence-electron chi connectivity index (χ0n) is 63.6. The molecule has 3 aromatic carbocycles. The second-order valence-corrected chi connectivity index (χ2v) is 31.0. The van der Waals surface area contributed by atoms with Crippen molar-refractivity contribution >= 4 is 94.9 Å². The highest BCUT2D eigenvalue weighted by atomic mass is 32.2. The van der Waals surface area contributed by atoms with Crippen LogP contribution < -0.4 is 32.3 Å². The molecule has 9 N–H and O–H groups in total. The van der Waals surface area contributed by atoms with Gasteiger partial charge in [0.15, 0.2) is 17.5 Å². The van der Waals surface area contributed by atoms with Gasteiger partial charge in [0.2, 0.25) is 23.8 Å². The molecule has 32 heteroatoms. The number of alkyl carbamates (subject to hydrolysis) is 1. The van der Waals surface area contributed by atoms with E-state index < -0.39 is 179 Å². The van der Waals surface area contributed by atoms with E-state index in [1.54, 1.807) is 97.0 Å². The number of amides is 8. The molecule has 0 spiro atoms. The Labute approximate surface area is 631 Å². The van der Waals surface area contributed by atoms with Crippen molar-refractivity contribution in [2.75, 3.05) is 57.2 Å². The monoisotopic (exact) mass is 1530 g/mol. The van der Waals surface area contributed by atoms with E-state index in [0.717, 1.165) is 35.4 Å². The van der Waals surface area contributed by atoms with E-state index in [0.29, 0.717) is 11.3 Å². The summed E-state index contributed by atoms with van der Waals surface area (Å²) in [5.74, 6) is -9.19. The average Bonchev–Trinajstić information content (AvgIpc) is 0.668. The number of hydrogen-bond donors (Lipinski definition) is 8. The molecule has 13 atom stereocenters. The number of carbonyl (C=O) groups excluding carboxylic acids is 13. The van der Waals surface area contributed by atoms with E-state index in [9.17, 15) is 63.0 Å². The summed E-state index contributed by atoms with van der Waals surface area (Å²) in [6.45, 7) is 18.6. The van der Waals surface area contributed by atoms with E-state index in [4.69, 9.17) is 43.6 Å². The molecule has 3 aromatic rings. The number of aliphatic hydroxyl groups excluding tert-OH is 1. The zero-order valence-corrected chi connectivity index (χ0v) is 64.5. The molecule has 2 bridgehead atoms. The normalized spacial score (nSPS) is 23.7. The van der Waals surface area contributed by atoms with Crippen LogP contribution in [0, 0.1) is 28.6 Å². The van der Waals surface area contributed by atoms with Gasteiger partial charge in [0.25, 0.3) is 0 Å². The lowest BCUT2D eigenvalue weighted by atomic mass is 9.44. The number of thioether (sulfide) groups is 1. The van der Waals surface area contributed by atoms with Crippen molar-refractivity contribution in [1.82, 2.24) is 31.1 Å². The first-order valence-electron chi connectivity index (χ1n) is 35.6. The second kappa shape index (κ2) is 36.0. The smallest absolute Gasteiger partial charge is 0.410 e. The van der Waals surface area contributed by atoms with Crippen LogP contribution in [0.4, 0.5) is 24.9 Å². The molecular weight excluding hydrogens is 1420 g/mol. The third kappa shape index (κ3) is 20.4. The lowest BCUT2D eigenvalue weighted by Crippen LogP contribution is -2.82. The molecule has 3 aliphatic carbocycles. The van der Waals surface area contributed by atoms with Crippen LogP contribution in [0.3, 0.4) is 0 Å². The number of anilines is 1. The Morgan fingerprint density at radius 1 is 0.778 bits per heavy atom. The first-order chi connectivity index (χ1) is 50.6. The van der Waals surface area contributed by atoms with Crippen LogP contribution in [-0.4, -0.2) is 215 Å². The fourth-order valence-electron chi connectivity index (χ4n) is 14.0. The minimum Gasteiger partial charge on any atom is -0.455 e. The average molecular weight is 1530 g/mol. The summed E-state index contributed by atoms with van der Waals surface area (Å²) in [6, 6.07) is 17.1. The fraction of sp³-hybridized carbons (Fsp3) is 0.566. The number of nitrogens with one attached hydrogen (secondary N) is 5. The fourth-order valence-corrected chi connectivity index (χ4v) is 14.9. The molecule has 108 heavy (non-hydrogen) atoms. The van der Waals surface area contributed by atoms with Gasteiger partial charge in [-0.1, -0.05) is 102 Å². The van der Waals surface area contributed by atoms with E-state index in [1.165, 1.54) is 78.2 Å². The maximum Gasteiger partial charge on any atom is 0.410 e. The number of rotatable bonds is 30. The van der Waals surface area contributed by atoms with Crippen molar-refractivity contribution in [2.45, 2.75) is 194 Å². The number of aliphatic hydroxyl groups is 2. The number of ketones is 2. The van der Waals surface area contributed by atoms with Gasteiger partial charge in [0.1, 0.15) is 60.0 Å². The Morgan fingerprint density at radius 3 is 1.96 bits per heavy atom. The molecule has 31 nitrogen and oxygen atoms in total. The highest BCUT2D eigenvalue weighted by molar-refractivity contribution is 8.00. The van der Waals surface area contributed by atoms with Gasteiger partial charge < -0.3 is 90.2 Å². The quantitative estimate of drug-likeness (QED) is 0.0161. The summed E-state index contributed by atoms with van der Waals surface area (Å²) in [6.07, 6.45) is -14.5. The van der Waals surface area contributed by atoms with Gasteiger partial charge in [-0.25, -0.2) is 28.8 Å². The van der Waals surface area contributed by atoms with Gasteiger partial charge in [0.05, 0.1) is 41.1 Å². The molecule has 7 rings (SSSR count). The third-order valence-corrected chi connectivity index (χ3v) is 21.0. The number of nitrogens with zero attached hydrogens (tertiary/aromatic N) is 2. The molecule has 1 aliphatic heterocycles. The van der Waals surface area contributed by atoms with E-state index in [2.05, 4.69) is 26.6 Å². The largest absolute Gasteiger partial charge is 0.455 e. The summed E-state index contributed by atoms with van der Waals surface area (Å²) in [4.78, 5) is 181. The highest BCUT2D eigenvalue weighted by Crippen LogP contribution is 2.64. The number of nitrogens with two attached hydrogens (primary N) is 1. The van der Waals surface area contributed by atoms with Gasteiger partial charge in [0, 0.05) is 77.4 Å². The Kier molecular flexibility index (Phi) is 28.6. The van der Waals surface area contributed by atoms with E-state index in [-0.39, 0.29) is 91.0 Å². The van der Waals surface area contributed by atoms with E-state index >= 15 is 9.59 Å². The van der Waals surface area contributed by atoms with Crippen molar-refractivity contribution in [2.24, 2.45) is 34.3 Å². The standard InChI is InChI=1S/C76H102N8O23S/c1-41(2)51(87)38-108-39-55(89)81-57(42(3)4)65(92)80-50(27-22-32-78-68(77)95)64(91)79-49-30-28-46(29-31-49)37-100-70(97)83(14)33-34-84(15)71(98)104-60(58(47-23-18-16-19-24-47)82-69(96)107-72(8,9)10)67(94)103-52-36-76(99)63(105-66(93)48-25-20-17-21-26-48)61-74(13,53(88)35-54-75(61,40-101-54)106-45(7)86)62(90)59(102-44(6)85)56(43(52)5)73(76,11)12/h16-21,23-26,28-31,41-42,50,52-54,57-61,63,88,99H,22,27,32-40H2,1-15H3,(H,79,91)(H,80,92)(H,81,89)(H,82,96)(H3,77,78,95)/t50-,52-,53-,54+,57-,58-,59+,60+,61-,63-,74+,75-,76+/m0/s1. The lowest BCUT2D eigenvalue weighted by Gasteiger charge is -2.67. The number of urea groups is 1. The predicted molar refractivity (Wildman–Crippen MR) is 391 cm³/mol. The van der Waals surface area contributed by atoms with Crippen molar-refractivity contribution < 1.29 is 110 Å². The molecule has 590 valence electrons. The minimum atomic E-state index is -2.58. The molecule has 1 heterocycles. The molecule has 1 saturated heterocycles. The number of primary amides is 1. The topological polar surface area (TPSA) is 429 Å². The van der Waals surface area contributed by atoms with Crippen LogP contribution in [0.2, 0.25) is 0 Å². The Hall–Kier alpha value is -9.66. The first kappa shape index (κ1) is 85.6. The number of Topliss-reactive ketones (excluding diaryl/α,β-unsaturated/α-hetero) is 2. The molecule has 3 fully saturated rings. The zero-order chi connectivity index (χ0) is 80.1. The van der Waals surface area contributed by atoms with Gasteiger partial charge in [-0.15, -0.1) is 11.8 Å². The van der Waals surface area contributed by atoms with E-state index in [1.807, 2.05) is 0 Å². The van der Waals surface area contributed by atoms with Crippen molar-refractivity contribution in [1.29, 1.82) is 0 Å². The van der Waals surface area contributed by atoms with Gasteiger partial charge >= 0.3 is 48.2 Å². The molecular formula is C76H102N8O23S. The number of esters is 4. The number of hydrogen-bond acceptors (Lipinski definition) is 24. The van der Waals surface area contributed by atoms with Gasteiger partial charge in [-0.05, 0) is 99.9 Å². The molecule has 0 aromatic heterocycles. The molecule has 0 unspecified atom stereocenters. The lowest BCUT2D eigenvalue weighted by molar-refractivity contribution is -0.346. The van der Waals surface area contributed by atoms with Crippen LogP contribution in [0.15, 0.2) is 96.1 Å². The molecule has 4 aliphatic rings. The number of ether oxygens (including phenoxy) is 8. The van der Waals surface area contributed by atoms with Crippen molar-refractivity contribution in [3.8, 4) is 0 Å². The van der Waals surface area contributed by atoms with Crippen molar-refractivity contribution in [3.63, 3.8) is 0 Å². The van der Waals surface area contributed by atoms with Crippen LogP contribution in [-0.2, 0) is 82.9 Å². The predicted octanol–water partition coefficient (Wildman–Crippen LogP) is 6.15. The minimum absolute atomic E-state index is 0.0101. The Balaban J connectivity index is 1.12. The number of fused-ring (bicyclic) bond motifs is 5. The van der Waals surface area contributed by atoms with Crippen LogP contribution in [0.5, 0.6) is 0 Å². The Bertz CT molecular complexity index is 3850. The SMILES string of the molecule is CC(=O)O[C@H]1C(=O)[C@@]2(C)[C@H]([C@H](OC(=O)c3ccccc3)[C@]3(O)C[C@H](OC(=O)[C@H](OC(=O)N(C)CCN(C)C(=O)OCc4ccc(NC(=O)[C@H](CCCNC(N)=O)NC(=O)[C@@H](NC(=O)CSCC(=O)C(C)C)C(C)C)cc4)[C@@H](NC(=O)OC(C)(C)C)c4ccccc4)C(C)=C1C3(C)C)[C@]1(OC(C)=O)CO[C@@H]1C[C@@H]2O. The number of likely N-dealkylation sites (N-methyl/N-ethyl adjacent to an activating group) is 2. The van der Waals surface area contributed by atoms with Crippen LogP contribution >= 0.6 is 11.8 Å². The summed E-state index contributed by atoms with van der Waals surface area (Å²) >= 11 is 1.12. The van der Waals surface area contributed by atoms with Crippen LogP contribution in [0.25, 0.3) is 0 Å². The maximum atomic E-state index is 16.0. The van der Waals surface area contributed by atoms with Crippen LogP contribution in [0.1, 0.15) is 143 Å².